The summed E-state index contributed by atoms with van der Waals surface area (Å²) in [5.41, 5.74) is 3.25. The summed E-state index contributed by atoms with van der Waals surface area (Å²) >= 11 is 0. The van der Waals surface area contributed by atoms with Crippen LogP contribution in [0.5, 0.6) is 0 Å². The van der Waals surface area contributed by atoms with Gasteiger partial charge in [0.2, 0.25) is 0 Å². The maximum absolute atomic E-state index is 8.94. The molecule has 1 aliphatic rings. The molecule has 1 atom stereocenters. The molecule has 1 aromatic carbocycles. The highest BCUT2D eigenvalue weighted by molar-refractivity contribution is 5.92. The first-order valence-electron chi connectivity index (χ1n) is 5.33. The minimum atomic E-state index is 0.0468. The van der Waals surface area contributed by atoms with Gasteiger partial charge in [-0.3, -0.25) is 4.99 Å². The van der Waals surface area contributed by atoms with Gasteiger partial charge in [-0.25, -0.2) is 0 Å². The van der Waals surface area contributed by atoms with E-state index in [1.54, 1.807) is 0 Å². The SMILES string of the molecule is Cc1cccc(N=C2CCCC2C#N)c1. The van der Waals surface area contributed by atoms with Crippen LogP contribution in [0.1, 0.15) is 24.8 Å². The van der Waals surface area contributed by atoms with Crippen molar-refractivity contribution in [1.29, 1.82) is 5.26 Å². The lowest BCUT2D eigenvalue weighted by Crippen LogP contribution is -2.02. The average molecular weight is 198 g/mol. The smallest absolute Gasteiger partial charge is 0.0846 e. The molecule has 0 spiro atoms. The first-order chi connectivity index (χ1) is 7.29. The topological polar surface area (TPSA) is 36.1 Å². The predicted octanol–water partition coefficient (Wildman–Crippen LogP) is 3.39. The van der Waals surface area contributed by atoms with Crippen molar-refractivity contribution in [3.8, 4) is 6.07 Å². The number of benzene rings is 1. The number of nitrogens with zero attached hydrogens (tertiary/aromatic N) is 2. The van der Waals surface area contributed by atoms with E-state index in [-0.39, 0.29) is 5.92 Å². The van der Waals surface area contributed by atoms with Crippen molar-refractivity contribution in [3.05, 3.63) is 29.8 Å². The molecule has 2 rings (SSSR count). The second-order valence-corrected chi connectivity index (χ2v) is 4.02. The molecule has 76 valence electrons. The largest absolute Gasteiger partial charge is 0.256 e. The summed E-state index contributed by atoms with van der Waals surface area (Å²) in [6.07, 6.45) is 3.05. The zero-order valence-electron chi connectivity index (χ0n) is 8.90. The van der Waals surface area contributed by atoms with Crippen LogP contribution >= 0.6 is 0 Å². The van der Waals surface area contributed by atoms with Crippen LogP contribution in [0.25, 0.3) is 0 Å². The molecule has 0 N–H and O–H groups in total. The molecular weight excluding hydrogens is 184 g/mol. The molecule has 1 unspecified atom stereocenters. The Balaban J connectivity index is 2.26. The Morgan fingerprint density at radius 3 is 3.07 bits per heavy atom. The maximum Gasteiger partial charge on any atom is 0.0846 e. The molecule has 2 heteroatoms. The third-order valence-corrected chi connectivity index (χ3v) is 2.76. The Hall–Kier alpha value is -1.62. The fraction of sp³-hybridized carbons (Fsp3) is 0.385. The van der Waals surface area contributed by atoms with Crippen LogP contribution in [0.3, 0.4) is 0 Å². The molecule has 15 heavy (non-hydrogen) atoms. The molecule has 1 aromatic rings. The van der Waals surface area contributed by atoms with Gasteiger partial charge >= 0.3 is 0 Å². The zero-order valence-corrected chi connectivity index (χ0v) is 8.90. The van der Waals surface area contributed by atoms with Gasteiger partial charge in [-0.15, -0.1) is 0 Å². The van der Waals surface area contributed by atoms with Crippen molar-refractivity contribution in [3.63, 3.8) is 0 Å². The van der Waals surface area contributed by atoms with Crippen molar-refractivity contribution < 1.29 is 0 Å². The summed E-state index contributed by atoms with van der Waals surface area (Å²) < 4.78 is 0. The van der Waals surface area contributed by atoms with Crippen molar-refractivity contribution in [2.24, 2.45) is 10.9 Å². The Morgan fingerprint density at radius 2 is 2.33 bits per heavy atom. The van der Waals surface area contributed by atoms with Crippen LogP contribution in [-0.2, 0) is 0 Å². The molecule has 0 saturated heterocycles. The number of hydrogen-bond acceptors (Lipinski definition) is 2. The molecule has 0 aromatic heterocycles. The molecule has 1 aliphatic carbocycles. The van der Waals surface area contributed by atoms with E-state index in [1.807, 2.05) is 12.1 Å². The van der Waals surface area contributed by atoms with E-state index in [0.717, 1.165) is 30.7 Å². The fourth-order valence-corrected chi connectivity index (χ4v) is 1.96. The Kier molecular flexibility index (Phi) is 2.82. The normalized spacial score (nSPS) is 22.9. The van der Waals surface area contributed by atoms with Gasteiger partial charge in [-0.1, -0.05) is 12.1 Å². The van der Waals surface area contributed by atoms with E-state index in [1.165, 1.54) is 5.56 Å². The van der Waals surface area contributed by atoms with Gasteiger partial charge in [-0.2, -0.15) is 5.26 Å². The quantitative estimate of drug-likeness (QED) is 0.681. The van der Waals surface area contributed by atoms with Crippen molar-refractivity contribution >= 4 is 11.4 Å². The molecule has 0 aliphatic heterocycles. The first-order valence-corrected chi connectivity index (χ1v) is 5.33. The number of aryl methyl sites for hydroxylation is 1. The molecule has 0 amide bonds. The Morgan fingerprint density at radius 1 is 1.47 bits per heavy atom. The van der Waals surface area contributed by atoms with Gasteiger partial charge in [0.05, 0.1) is 17.7 Å². The molecule has 2 nitrogen and oxygen atoms in total. The van der Waals surface area contributed by atoms with E-state index in [2.05, 4.69) is 30.1 Å². The zero-order chi connectivity index (χ0) is 10.7. The fourth-order valence-electron chi connectivity index (χ4n) is 1.96. The second kappa shape index (κ2) is 4.27. The minimum Gasteiger partial charge on any atom is -0.256 e. The monoisotopic (exact) mass is 198 g/mol. The maximum atomic E-state index is 8.94. The van der Waals surface area contributed by atoms with Crippen LogP contribution in [-0.4, -0.2) is 5.71 Å². The van der Waals surface area contributed by atoms with Crippen molar-refractivity contribution in [1.82, 2.24) is 0 Å². The molecule has 0 bridgehead atoms. The molecule has 0 radical (unpaired) electrons. The Bertz CT molecular complexity index is 426. The van der Waals surface area contributed by atoms with Gasteiger partial charge in [0.15, 0.2) is 0 Å². The number of aliphatic imine (C=N–C) groups is 1. The summed E-state index contributed by atoms with van der Waals surface area (Å²) in [4.78, 5) is 4.57. The predicted molar refractivity (Wildman–Crippen MR) is 61.2 cm³/mol. The van der Waals surface area contributed by atoms with Crippen LogP contribution in [0, 0.1) is 24.2 Å². The van der Waals surface area contributed by atoms with Crippen LogP contribution < -0.4 is 0 Å². The highest BCUT2D eigenvalue weighted by Crippen LogP contribution is 2.25. The summed E-state index contributed by atoms with van der Waals surface area (Å²) in [5, 5.41) is 8.94. The van der Waals surface area contributed by atoms with E-state index in [0.29, 0.717) is 0 Å². The summed E-state index contributed by atoms with van der Waals surface area (Å²) in [5.74, 6) is 0.0468. The van der Waals surface area contributed by atoms with Crippen LogP contribution in [0.4, 0.5) is 5.69 Å². The second-order valence-electron chi connectivity index (χ2n) is 4.02. The molecule has 1 saturated carbocycles. The summed E-state index contributed by atoms with van der Waals surface area (Å²) in [7, 11) is 0. The van der Waals surface area contributed by atoms with Crippen molar-refractivity contribution in [2.75, 3.05) is 0 Å². The third kappa shape index (κ3) is 2.24. The Labute approximate surface area is 90.3 Å². The first kappa shape index (κ1) is 9.92. The van der Waals surface area contributed by atoms with E-state index in [9.17, 15) is 0 Å². The van der Waals surface area contributed by atoms with Gasteiger partial charge in [0, 0.05) is 5.71 Å². The lowest BCUT2D eigenvalue weighted by Gasteiger charge is -2.01. The summed E-state index contributed by atoms with van der Waals surface area (Å²) in [6, 6.07) is 10.4. The number of rotatable bonds is 1. The number of nitriles is 1. The van der Waals surface area contributed by atoms with Gasteiger partial charge < -0.3 is 0 Å². The van der Waals surface area contributed by atoms with Crippen LogP contribution in [0.15, 0.2) is 29.3 Å². The number of hydrogen-bond donors (Lipinski definition) is 0. The van der Waals surface area contributed by atoms with Gasteiger partial charge in [0.25, 0.3) is 0 Å². The summed E-state index contributed by atoms with van der Waals surface area (Å²) in [6.45, 7) is 2.06. The average Bonchev–Trinajstić information content (AvgIpc) is 2.65. The lowest BCUT2D eigenvalue weighted by molar-refractivity contribution is 0.795. The highest BCUT2D eigenvalue weighted by Gasteiger charge is 2.21. The van der Waals surface area contributed by atoms with E-state index in [4.69, 9.17) is 5.26 Å². The third-order valence-electron chi connectivity index (χ3n) is 2.76. The van der Waals surface area contributed by atoms with Gasteiger partial charge in [0.1, 0.15) is 0 Å². The standard InChI is InChI=1S/C13H14N2/c1-10-4-2-6-12(8-10)15-13-7-3-5-11(13)9-14/h2,4,6,8,11H,3,5,7H2,1H3. The van der Waals surface area contributed by atoms with Crippen LogP contribution in [0.2, 0.25) is 0 Å². The molecular formula is C13H14N2. The van der Waals surface area contributed by atoms with Gasteiger partial charge in [-0.05, 0) is 43.9 Å². The molecule has 0 heterocycles. The van der Waals surface area contributed by atoms with Crippen molar-refractivity contribution in [2.45, 2.75) is 26.2 Å². The van der Waals surface area contributed by atoms with E-state index >= 15 is 0 Å². The minimum absolute atomic E-state index is 0.0468. The van der Waals surface area contributed by atoms with E-state index < -0.39 is 0 Å². The lowest BCUT2D eigenvalue weighted by atomic mass is 10.1. The molecule has 1 fully saturated rings. The highest BCUT2D eigenvalue weighted by atomic mass is 14.8.